The number of carbonyl (C=O) groups excluding carboxylic acids is 1. The molecule has 5 heteroatoms. The number of hydrogen-bond acceptors (Lipinski definition) is 4. The van der Waals surface area contributed by atoms with E-state index in [1.54, 1.807) is 7.11 Å². The van der Waals surface area contributed by atoms with Gasteiger partial charge in [-0.15, -0.1) is 0 Å². The lowest BCUT2D eigenvalue weighted by Crippen LogP contribution is -2.42. The van der Waals surface area contributed by atoms with E-state index in [9.17, 15) is 4.79 Å². The van der Waals surface area contributed by atoms with Crippen LogP contribution in [0.4, 0.5) is 5.69 Å². The van der Waals surface area contributed by atoms with E-state index in [4.69, 9.17) is 9.47 Å². The lowest BCUT2D eigenvalue weighted by molar-refractivity contribution is 0.0666. The van der Waals surface area contributed by atoms with Crippen molar-refractivity contribution < 1.29 is 14.3 Å². The van der Waals surface area contributed by atoms with E-state index in [2.05, 4.69) is 11.9 Å². The second kappa shape index (κ2) is 8.96. The van der Waals surface area contributed by atoms with E-state index in [1.807, 2.05) is 84.6 Å². The molecular weight excluding hydrogens is 388 g/mol. The van der Waals surface area contributed by atoms with Crippen molar-refractivity contribution >= 4 is 11.6 Å². The van der Waals surface area contributed by atoms with Gasteiger partial charge in [0.05, 0.1) is 12.7 Å². The van der Waals surface area contributed by atoms with Crippen LogP contribution in [0.5, 0.6) is 11.5 Å². The minimum atomic E-state index is -0.341. The minimum Gasteiger partial charge on any atom is -0.493 e. The summed E-state index contributed by atoms with van der Waals surface area (Å²) in [7, 11) is 1.61. The number of nitrogens with zero attached hydrogens (tertiary/aromatic N) is 1. The van der Waals surface area contributed by atoms with E-state index >= 15 is 0 Å². The zero-order valence-corrected chi connectivity index (χ0v) is 17.8. The molecule has 31 heavy (non-hydrogen) atoms. The first-order chi connectivity index (χ1) is 15.1. The summed E-state index contributed by atoms with van der Waals surface area (Å²) in [6.45, 7) is 6.70. The molecule has 1 aliphatic rings. The second-order valence-corrected chi connectivity index (χ2v) is 7.67. The maximum atomic E-state index is 13.4. The smallest absolute Gasteiger partial charge is 0.258 e. The second-order valence-electron chi connectivity index (χ2n) is 7.67. The third-order valence-electron chi connectivity index (χ3n) is 5.20. The third-order valence-corrected chi connectivity index (χ3v) is 5.20. The van der Waals surface area contributed by atoms with Crippen molar-refractivity contribution in [3.8, 4) is 11.5 Å². The molecule has 158 valence electrons. The van der Waals surface area contributed by atoms with Crippen LogP contribution in [0.15, 0.2) is 84.9 Å². The molecule has 1 heterocycles. The number of methoxy groups -OCH3 is 1. The molecule has 0 spiro atoms. The maximum Gasteiger partial charge on any atom is 0.258 e. The summed E-state index contributed by atoms with van der Waals surface area (Å²) < 4.78 is 11.4. The molecule has 1 unspecified atom stereocenters. The van der Waals surface area contributed by atoms with Gasteiger partial charge in [0.2, 0.25) is 0 Å². The molecule has 0 aromatic heterocycles. The quantitative estimate of drug-likeness (QED) is 0.525. The molecule has 1 aliphatic heterocycles. The van der Waals surface area contributed by atoms with Crippen LogP contribution in [0.25, 0.3) is 0 Å². The van der Waals surface area contributed by atoms with Gasteiger partial charge in [0.1, 0.15) is 12.8 Å². The average Bonchev–Trinajstić information content (AvgIpc) is 2.80. The number of anilines is 1. The lowest BCUT2D eigenvalue weighted by Gasteiger charge is -2.38. The van der Waals surface area contributed by atoms with E-state index in [0.717, 1.165) is 22.4 Å². The number of ether oxygens (including phenoxy) is 2. The summed E-state index contributed by atoms with van der Waals surface area (Å²) in [6, 6.07) is 23.4. The Labute approximate surface area is 182 Å². The van der Waals surface area contributed by atoms with Crippen molar-refractivity contribution in [3.63, 3.8) is 0 Å². The molecule has 0 aliphatic carbocycles. The molecular formula is C26H26N2O3. The summed E-state index contributed by atoms with van der Waals surface area (Å²) in [6.07, 6.45) is -0.341. The molecule has 1 atom stereocenters. The van der Waals surface area contributed by atoms with Crippen LogP contribution in [-0.4, -0.2) is 24.5 Å². The van der Waals surface area contributed by atoms with E-state index in [0.29, 0.717) is 30.2 Å². The number of rotatable bonds is 7. The molecule has 5 nitrogen and oxygen atoms in total. The standard InChI is InChI=1S/C26H26N2O3/c1-18(2)17-31-23-14-13-20(15-24(23)30-3)25-27-22-12-8-7-11-21(22)26(29)28(25)16-19-9-5-4-6-10-19/h4-15,25,27H,1,16-17H2,2-3H3. The molecule has 0 saturated carbocycles. The van der Waals surface area contributed by atoms with Crippen molar-refractivity contribution in [3.05, 3.63) is 102 Å². The molecule has 0 bridgehead atoms. The first-order valence-corrected chi connectivity index (χ1v) is 10.2. The summed E-state index contributed by atoms with van der Waals surface area (Å²) in [5.74, 6) is 1.25. The zero-order chi connectivity index (χ0) is 21.8. The largest absolute Gasteiger partial charge is 0.493 e. The van der Waals surface area contributed by atoms with Crippen molar-refractivity contribution in [2.45, 2.75) is 19.6 Å². The molecule has 1 amide bonds. The minimum absolute atomic E-state index is 0.00946. The van der Waals surface area contributed by atoms with Gasteiger partial charge >= 0.3 is 0 Å². The molecule has 3 aromatic carbocycles. The van der Waals surface area contributed by atoms with Crippen LogP contribution in [0.3, 0.4) is 0 Å². The molecule has 4 rings (SSSR count). The van der Waals surface area contributed by atoms with Crippen LogP contribution in [0, 0.1) is 0 Å². The fraction of sp³-hybridized carbons (Fsp3) is 0.192. The van der Waals surface area contributed by atoms with E-state index in [1.165, 1.54) is 0 Å². The highest BCUT2D eigenvalue weighted by molar-refractivity contribution is 6.01. The van der Waals surface area contributed by atoms with Gasteiger partial charge in [-0.2, -0.15) is 0 Å². The van der Waals surface area contributed by atoms with Gasteiger partial charge in [0.25, 0.3) is 5.91 Å². The van der Waals surface area contributed by atoms with Gasteiger partial charge in [-0.1, -0.05) is 55.1 Å². The molecule has 1 N–H and O–H groups in total. The number of hydrogen-bond donors (Lipinski definition) is 1. The molecule has 3 aromatic rings. The van der Waals surface area contributed by atoms with E-state index in [-0.39, 0.29) is 12.1 Å². The zero-order valence-electron chi connectivity index (χ0n) is 17.8. The van der Waals surface area contributed by atoms with Gasteiger partial charge in [-0.25, -0.2) is 0 Å². The van der Waals surface area contributed by atoms with Crippen LogP contribution in [0.2, 0.25) is 0 Å². The summed E-state index contributed by atoms with van der Waals surface area (Å²) >= 11 is 0. The number of fused-ring (bicyclic) bond motifs is 1. The highest BCUT2D eigenvalue weighted by Crippen LogP contribution is 2.37. The lowest BCUT2D eigenvalue weighted by atomic mass is 10.0. The Bertz CT molecular complexity index is 1090. The number of para-hydroxylation sites is 1. The third kappa shape index (κ3) is 4.40. The predicted molar refractivity (Wildman–Crippen MR) is 122 cm³/mol. The fourth-order valence-corrected chi connectivity index (χ4v) is 3.67. The first kappa shape index (κ1) is 20.5. The Morgan fingerprint density at radius 3 is 2.52 bits per heavy atom. The Balaban J connectivity index is 1.71. The van der Waals surface area contributed by atoms with Crippen molar-refractivity contribution in [2.75, 3.05) is 19.0 Å². The predicted octanol–water partition coefficient (Wildman–Crippen LogP) is 5.42. The summed E-state index contributed by atoms with van der Waals surface area (Å²) in [5, 5.41) is 3.53. The van der Waals surface area contributed by atoms with Crippen molar-refractivity contribution in [2.24, 2.45) is 0 Å². The van der Waals surface area contributed by atoms with Gasteiger partial charge in [-0.05, 0) is 47.9 Å². The summed E-state index contributed by atoms with van der Waals surface area (Å²) in [4.78, 5) is 15.3. The maximum absolute atomic E-state index is 13.4. The average molecular weight is 415 g/mol. The van der Waals surface area contributed by atoms with Crippen LogP contribution < -0.4 is 14.8 Å². The highest BCUT2D eigenvalue weighted by atomic mass is 16.5. The van der Waals surface area contributed by atoms with E-state index < -0.39 is 0 Å². The Morgan fingerprint density at radius 2 is 1.77 bits per heavy atom. The van der Waals surface area contributed by atoms with Crippen molar-refractivity contribution in [1.29, 1.82) is 0 Å². The van der Waals surface area contributed by atoms with Gasteiger partial charge in [0.15, 0.2) is 11.5 Å². The SMILES string of the molecule is C=C(C)COc1ccc(C2Nc3ccccc3C(=O)N2Cc2ccccc2)cc1OC. The van der Waals surface area contributed by atoms with Crippen LogP contribution in [-0.2, 0) is 6.54 Å². The molecule has 0 fully saturated rings. The summed E-state index contributed by atoms with van der Waals surface area (Å²) in [5.41, 5.74) is 4.40. The monoisotopic (exact) mass is 414 g/mol. The van der Waals surface area contributed by atoms with Gasteiger partial charge in [0, 0.05) is 12.2 Å². The number of nitrogens with one attached hydrogen (secondary N) is 1. The molecule has 0 radical (unpaired) electrons. The normalized spacial score (nSPS) is 15.1. The fourth-order valence-electron chi connectivity index (χ4n) is 3.67. The van der Waals surface area contributed by atoms with Crippen molar-refractivity contribution in [1.82, 2.24) is 4.90 Å². The van der Waals surface area contributed by atoms with Crippen LogP contribution in [0.1, 0.15) is 34.6 Å². The number of amides is 1. The Kier molecular flexibility index (Phi) is 5.94. The Morgan fingerprint density at radius 1 is 1.03 bits per heavy atom. The van der Waals surface area contributed by atoms with Crippen LogP contribution >= 0.6 is 0 Å². The van der Waals surface area contributed by atoms with Gasteiger partial charge in [-0.3, -0.25) is 4.79 Å². The number of carbonyl (C=O) groups is 1. The first-order valence-electron chi connectivity index (χ1n) is 10.2. The Hall–Kier alpha value is -3.73. The molecule has 0 saturated heterocycles. The highest BCUT2D eigenvalue weighted by Gasteiger charge is 2.33. The number of benzene rings is 3. The topological polar surface area (TPSA) is 50.8 Å². The van der Waals surface area contributed by atoms with Gasteiger partial charge < -0.3 is 19.7 Å².